The third-order valence-corrected chi connectivity index (χ3v) is 5.86. The molecule has 0 aliphatic heterocycles. The first kappa shape index (κ1) is 24.5. The molecule has 0 amide bonds. The Morgan fingerprint density at radius 2 is 1.84 bits per heavy atom. The maximum Gasteiger partial charge on any atom is 0.303 e. The third kappa shape index (κ3) is 6.85. The molecule has 0 saturated carbocycles. The van der Waals surface area contributed by atoms with Crippen LogP contribution in [0.2, 0.25) is 0 Å². The molecule has 1 aromatic carbocycles. The fourth-order valence-electron chi connectivity index (χ4n) is 2.94. The quantitative estimate of drug-likeness (QED) is 0.538. The van der Waals surface area contributed by atoms with Gasteiger partial charge in [0.1, 0.15) is 5.82 Å². The van der Waals surface area contributed by atoms with Crippen molar-refractivity contribution in [1.82, 2.24) is 9.97 Å². The molecule has 0 fully saturated rings. The minimum atomic E-state index is -3.57. The Balaban J connectivity index is 2.54. The molecular weight excluding hydrogens is 421 g/mol. The van der Waals surface area contributed by atoms with Crippen LogP contribution in [0.15, 0.2) is 30.3 Å². The maximum absolute atomic E-state index is 13.5. The van der Waals surface area contributed by atoms with Gasteiger partial charge in [-0.3, -0.25) is 4.79 Å². The standard InChI is InChI=1S/C22H28FN3O4S/c1-15(2)20-18(9-7-5-6-8-10-19(27)28)21(16-11-13-17(23)14-12-16)25-22(24-20)26(3)31(4,29)30/h7,9,11-15H,5-6,8,10H2,1-4H3,(H,27,28)/b9-7+. The van der Waals surface area contributed by atoms with Crippen molar-refractivity contribution in [1.29, 1.82) is 0 Å². The van der Waals surface area contributed by atoms with Crippen molar-refractivity contribution in [2.75, 3.05) is 17.6 Å². The largest absolute Gasteiger partial charge is 0.481 e. The van der Waals surface area contributed by atoms with Gasteiger partial charge in [-0.25, -0.2) is 27.1 Å². The first-order valence-electron chi connectivity index (χ1n) is 10.0. The van der Waals surface area contributed by atoms with Crippen molar-refractivity contribution < 1.29 is 22.7 Å². The predicted molar refractivity (Wildman–Crippen MR) is 120 cm³/mol. The number of sulfonamides is 1. The van der Waals surface area contributed by atoms with E-state index in [4.69, 9.17) is 5.11 Å². The maximum atomic E-state index is 13.5. The van der Waals surface area contributed by atoms with Crippen LogP contribution in [0.3, 0.4) is 0 Å². The topological polar surface area (TPSA) is 100 Å². The van der Waals surface area contributed by atoms with Crippen LogP contribution in [0, 0.1) is 5.82 Å². The highest BCUT2D eigenvalue weighted by Crippen LogP contribution is 2.31. The molecule has 1 N–H and O–H groups in total. The van der Waals surface area contributed by atoms with Gasteiger partial charge in [-0.15, -0.1) is 0 Å². The minimum absolute atomic E-state index is 0.0273. The molecule has 31 heavy (non-hydrogen) atoms. The van der Waals surface area contributed by atoms with Crippen LogP contribution in [-0.2, 0) is 14.8 Å². The zero-order valence-corrected chi connectivity index (χ0v) is 19.0. The van der Waals surface area contributed by atoms with E-state index in [0.717, 1.165) is 22.5 Å². The lowest BCUT2D eigenvalue weighted by Crippen LogP contribution is -2.27. The molecule has 1 heterocycles. The molecule has 0 saturated heterocycles. The summed E-state index contributed by atoms with van der Waals surface area (Å²) in [6.45, 7) is 3.90. The lowest BCUT2D eigenvalue weighted by molar-refractivity contribution is -0.137. The second-order valence-corrected chi connectivity index (χ2v) is 9.62. The van der Waals surface area contributed by atoms with Crippen molar-refractivity contribution in [3.63, 3.8) is 0 Å². The van der Waals surface area contributed by atoms with Crippen LogP contribution in [0.1, 0.15) is 56.7 Å². The highest BCUT2D eigenvalue weighted by Gasteiger charge is 2.22. The van der Waals surface area contributed by atoms with E-state index in [2.05, 4.69) is 9.97 Å². The van der Waals surface area contributed by atoms with Gasteiger partial charge >= 0.3 is 5.97 Å². The summed E-state index contributed by atoms with van der Waals surface area (Å²) in [5.41, 5.74) is 2.54. The number of aromatic nitrogens is 2. The molecule has 0 spiro atoms. The summed E-state index contributed by atoms with van der Waals surface area (Å²) in [5.74, 6) is -1.18. The van der Waals surface area contributed by atoms with Crippen LogP contribution < -0.4 is 4.31 Å². The number of anilines is 1. The molecule has 0 radical (unpaired) electrons. The molecule has 0 aliphatic carbocycles. The van der Waals surface area contributed by atoms with Gasteiger partial charge in [0.05, 0.1) is 17.6 Å². The Bertz CT molecular complexity index is 1050. The lowest BCUT2D eigenvalue weighted by Gasteiger charge is -2.20. The number of hydrogen-bond donors (Lipinski definition) is 1. The monoisotopic (exact) mass is 449 g/mol. The molecule has 7 nitrogen and oxygen atoms in total. The number of halogens is 1. The Hall–Kier alpha value is -2.81. The van der Waals surface area contributed by atoms with Crippen molar-refractivity contribution >= 4 is 28.0 Å². The van der Waals surface area contributed by atoms with Gasteiger partial charge in [-0.2, -0.15) is 0 Å². The zero-order valence-electron chi connectivity index (χ0n) is 18.2. The van der Waals surface area contributed by atoms with E-state index in [1.54, 1.807) is 12.1 Å². The van der Waals surface area contributed by atoms with E-state index in [-0.39, 0.29) is 24.1 Å². The van der Waals surface area contributed by atoms with Crippen LogP contribution in [-0.4, -0.2) is 42.8 Å². The molecule has 0 aliphatic rings. The van der Waals surface area contributed by atoms with Gasteiger partial charge < -0.3 is 5.11 Å². The summed E-state index contributed by atoms with van der Waals surface area (Å²) < 4.78 is 38.6. The highest BCUT2D eigenvalue weighted by molar-refractivity contribution is 7.92. The number of benzene rings is 1. The smallest absolute Gasteiger partial charge is 0.303 e. The summed E-state index contributed by atoms with van der Waals surface area (Å²) in [5, 5.41) is 8.75. The molecule has 0 unspecified atom stereocenters. The lowest BCUT2D eigenvalue weighted by atomic mass is 9.97. The molecule has 2 aromatic rings. The first-order valence-corrected chi connectivity index (χ1v) is 11.9. The fraction of sp³-hybridized carbons (Fsp3) is 0.409. The van der Waals surface area contributed by atoms with Crippen molar-refractivity contribution in [2.45, 2.75) is 45.4 Å². The number of rotatable bonds is 10. The van der Waals surface area contributed by atoms with E-state index in [9.17, 15) is 17.6 Å². The van der Waals surface area contributed by atoms with Crippen molar-refractivity contribution in [3.05, 3.63) is 47.4 Å². The molecule has 2 rings (SSSR count). The fourth-order valence-corrected chi connectivity index (χ4v) is 3.31. The third-order valence-electron chi connectivity index (χ3n) is 4.70. The van der Waals surface area contributed by atoms with Crippen molar-refractivity contribution in [3.8, 4) is 11.3 Å². The van der Waals surface area contributed by atoms with Gasteiger partial charge in [0.25, 0.3) is 0 Å². The van der Waals surface area contributed by atoms with Gasteiger partial charge in [-0.05, 0) is 49.4 Å². The first-order chi connectivity index (χ1) is 14.5. The Labute approximate surface area is 182 Å². The van der Waals surface area contributed by atoms with Crippen LogP contribution in [0.5, 0.6) is 0 Å². The van der Waals surface area contributed by atoms with E-state index >= 15 is 0 Å². The number of aliphatic carboxylic acids is 1. The van der Waals surface area contributed by atoms with Crippen LogP contribution in [0.25, 0.3) is 17.3 Å². The predicted octanol–water partition coefficient (Wildman–Crippen LogP) is 4.46. The zero-order chi connectivity index (χ0) is 23.2. The summed E-state index contributed by atoms with van der Waals surface area (Å²) in [6, 6.07) is 5.84. The second kappa shape index (κ2) is 10.5. The van der Waals surface area contributed by atoms with Crippen LogP contribution in [0.4, 0.5) is 10.3 Å². The number of unbranched alkanes of at least 4 members (excludes halogenated alkanes) is 2. The molecular formula is C22H28FN3O4S. The molecule has 0 atom stereocenters. The number of hydrogen-bond acceptors (Lipinski definition) is 5. The van der Waals surface area contributed by atoms with E-state index in [1.165, 1.54) is 19.2 Å². The molecule has 1 aromatic heterocycles. The number of carbonyl (C=O) groups is 1. The molecule has 0 bridgehead atoms. The van der Waals surface area contributed by atoms with E-state index < -0.39 is 16.0 Å². The van der Waals surface area contributed by atoms with E-state index in [0.29, 0.717) is 29.8 Å². The number of carboxylic acids is 1. The average Bonchev–Trinajstić information content (AvgIpc) is 2.69. The molecule has 9 heteroatoms. The summed E-state index contributed by atoms with van der Waals surface area (Å²) >= 11 is 0. The highest BCUT2D eigenvalue weighted by atomic mass is 32.2. The van der Waals surface area contributed by atoms with Gasteiger partial charge in [0.15, 0.2) is 0 Å². The number of allylic oxidation sites excluding steroid dienone is 1. The van der Waals surface area contributed by atoms with Crippen molar-refractivity contribution in [2.24, 2.45) is 0 Å². The van der Waals surface area contributed by atoms with Gasteiger partial charge in [0.2, 0.25) is 16.0 Å². The summed E-state index contributed by atoms with van der Waals surface area (Å²) in [4.78, 5) is 19.7. The number of carboxylic acid groups (broad SMARTS) is 1. The Morgan fingerprint density at radius 1 is 1.19 bits per heavy atom. The van der Waals surface area contributed by atoms with Gasteiger partial charge in [-0.1, -0.05) is 26.0 Å². The summed E-state index contributed by atoms with van der Waals surface area (Å²) in [7, 11) is -2.18. The van der Waals surface area contributed by atoms with E-state index in [1.807, 2.05) is 26.0 Å². The van der Waals surface area contributed by atoms with Gasteiger partial charge in [0, 0.05) is 24.6 Å². The number of nitrogens with zero attached hydrogens (tertiary/aromatic N) is 3. The normalized spacial score (nSPS) is 11.9. The summed E-state index contributed by atoms with van der Waals surface area (Å²) in [6.07, 6.45) is 6.99. The van der Waals surface area contributed by atoms with Crippen LogP contribution >= 0.6 is 0 Å². The average molecular weight is 450 g/mol. The molecule has 168 valence electrons. The Kier molecular flexibility index (Phi) is 8.27. The minimum Gasteiger partial charge on any atom is -0.481 e. The SMILES string of the molecule is CC(C)c1nc(N(C)S(C)(=O)=O)nc(-c2ccc(F)cc2)c1/C=C/CCCCC(=O)O. The Morgan fingerprint density at radius 3 is 2.39 bits per heavy atom. The second-order valence-electron chi connectivity index (χ2n) is 7.61.